The first kappa shape index (κ1) is 10.4. The number of hydrogen-bond acceptors (Lipinski definition) is 1. The second-order valence-corrected chi connectivity index (χ2v) is 6.50. The summed E-state index contributed by atoms with van der Waals surface area (Å²) in [6.07, 6.45) is 4.07. The standard InChI is InChI=1S/C11H22S/c1-6-8-9(3)11(7-2)10(4,5)12-11/h9H,6-8H2,1-5H3/t9-,11+/m0/s1. The van der Waals surface area contributed by atoms with Gasteiger partial charge >= 0.3 is 0 Å². The highest BCUT2D eigenvalue weighted by atomic mass is 32.2. The maximum absolute atomic E-state index is 2.43. The van der Waals surface area contributed by atoms with E-state index in [1.54, 1.807) is 0 Å². The summed E-state index contributed by atoms with van der Waals surface area (Å²) < 4.78 is 1.17. The van der Waals surface area contributed by atoms with Gasteiger partial charge in [-0.25, -0.2) is 0 Å². The summed E-state index contributed by atoms with van der Waals surface area (Å²) in [5.41, 5.74) is 0. The number of thioether (sulfide) groups is 1. The van der Waals surface area contributed by atoms with Crippen molar-refractivity contribution in [2.45, 2.75) is 63.4 Å². The van der Waals surface area contributed by atoms with Crippen molar-refractivity contribution in [1.29, 1.82) is 0 Å². The van der Waals surface area contributed by atoms with E-state index in [0.29, 0.717) is 9.49 Å². The molecule has 0 aromatic carbocycles. The second kappa shape index (κ2) is 3.25. The van der Waals surface area contributed by atoms with Crippen molar-refractivity contribution in [3.05, 3.63) is 0 Å². The molecule has 1 heterocycles. The average Bonchev–Trinajstić information content (AvgIpc) is 2.55. The Morgan fingerprint density at radius 3 is 2.00 bits per heavy atom. The molecule has 12 heavy (non-hydrogen) atoms. The summed E-state index contributed by atoms with van der Waals surface area (Å²) in [5.74, 6) is 0.896. The van der Waals surface area contributed by atoms with Crippen LogP contribution in [0.3, 0.4) is 0 Å². The third-order valence-corrected chi connectivity index (χ3v) is 5.69. The van der Waals surface area contributed by atoms with E-state index in [0.717, 1.165) is 5.92 Å². The summed E-state index contributed by atoms with van der Waals surface area (Å²) in [6.45, 7) is 11.9. The normalized spacial score (nSPS) is 34.8. The van der Waals surface area contributed by atoms with Crippen LogP contribution in [0.5, 0.6) is 0 Å². The van der Waals surface area contributed by atoms with Gasteiger partial charge in [-0.05, 0) is 32.6 Å². The summed E-state index contributed by atoms with van der Waals surface area (Å²) in [6, 6.07) is 0. The van der Waals surface area contributed by atoms with Crippen LogP contribution in [0.1, 0.15) is 53.9 Å². The van der Waals surface area contributed by atoms with Crippen LogP contribution in [-0.4, -0.2) is 9.49 Å². The van der Waals surface area contributed by atoms with Crippen LogP contribution < -0.4 is 0 Å². The molecule has 0 radical (unpaired) electrons. The summed E-state index contributed by atoms with van der Waals surface area (Å²) in [4.78, 5) is 0. The molecule has 0 aromatic rings. The summed E-state index contributed by atoms with van der Waals surface area (Å²) >= 11 is 2.19. The van der Waals surface area contributed by atoms with Gasteiger partial charge in [-0.1, -0.05) is 27.2 Å². The van der Waals surface area contributed by atoms with Gasteiger partial charge in [-0.2, -0.15) is 0 Å². The lowest BCUT2D eigenvalue weighted by molar-refractivity contribution is 0.367. The molecule has 1 saturated heterocycles. The molecule has 0 bridgehead atoms. The van der Waals surface area contributed by atoms with E-state index in [9.17, 15) is 0 Å². The van der Waals surface area contributed by atoms with Crippen LogP contribution >= 0.6 is 11.8 Å². The van der Waals surface area contributed by atoms with Gasteiger partial charge in [0.2, 0.25) is 0 Å². The molecule has 0 N–H and O–H groups in total. The van der Waals surface area contributed by atoms with Crippen LogP contribution in [0.25, 0.3) is 0 Å². The van der Waals surface area contributed by atoms with E-state index in [1.165, 1.54) is 19.3 Å². The van der Waals surface area contributed by atoms with E-state index >= 15 is 0 Å². The largest absolute Gasteiger partial charge is 0.146 e. The minimum absolute atomic E-state index is 0.552. The van der Waals surface area contributed by atoms with Gasteiger partial charge in [0.05, 0.1) is 0 Å². The van der Waals surface area contributed by atoms with Crippen molar-refractivity contribution in [1.82, 2.24) is 0 Å². The predicted octanol–water partition coefficient (Wildman–Crippen LogP) is 4.10. The van der Waals surface area contributed by atoms with Crippen molar-refractivity contribution in [2.75, 3.05) is 0 Å². The molecule has 72 valence electrons. The second-order valence-electron chi connectivity index (χ2n) is 4.55. The zero-order chi connectivity index (χ0) is 9.41. The van der Waals surface area contributed by atoms with Gasteiger partial charge in [0, 0.05) is 9.49 Å². The third kappa shape index (κ3) is 1.41. The Morgan fingerprint density at radius 1 is 1.25 bits per heavy atom. The molecule has 0 saturated carbocycles. The quantitative estimate of drug-likeness (QED) is 0.596. The van der Waals surface area contributed by atoms with E-state index in [2.05, 4.69) is 46.4 Å². The van der Waals surface area contributed by atoms with Gasteiger partial charge in [0.1, 0.15) is 0 Å². The molecule has 2 atom stereocenters. The predicted molar refractivity (Wildman–Crippen MR) is 58.8 cm³/mol. The molecular formula is C11H22S. The van der Waals surface area contributed by atoms with Crippen molar-refractivity contribution < 1.29 is 0 Å². The maximum Gasteiger partial charge on any atom is 0.0330 e. The Morgan fingerprint density at radius 2 is 1.75 bits per heavy atom. The highest BCUT2D eigenvalue weighted by molar-refractivity contribution is 8.09. The monoisotopic (exact) mass is 186 g/mol. The molecular weight excluding hydrogens is 164 g/mol. The van der Waals surface area contributed by atoms with Gasteiger partial charge in [-0.15, -0.1) is 11.8 Å². The zero-order valence-corrected chi connectivity index (χ0v) is 9.92. The van der Waals surface area contributed by atoms with Crippen LogP contribution in [0.2, 0.25) is 0 Å². The van der Waals surface area contributed by atoms with E-state index in [1.807, 2.05) is 0 Å². The van der Waals surface area contributed by atoms with Crippen LogP contribution in [-0.2, 0) is 0 Å². The topological polar surface area (TPSA) is 0 Å². The van der Waals surface area contributed by atoms with Gasteiger partial charge in [-0.3, -0.25) is 0 Å². The first-order chi connectivity index (χ1) is 5.50. The van der Waals surface area contributed by atoms with E-state index in [4.69, 9.17) is 0 Å². The average molecular weight is 186 g/mol. The number of hydrogen-bond donors (Lipinski definition) is 0. The maximum atomic E-state index is 2.43. The Labute approximate surface area is 81.5 Å². The molecule has 1 fully saturated rings. The molecule has 1 aliphatic rings. The van der Waals surface area contributed by atoms with Crippen LogP contribution in [0.4, 0.5) is 0 Å². The Kier molecular flexibility index (Phi) is 2.82. The van der Waals surface area contributed by atoms with Crippen LogP contribution in [0.15, 0.2) is 0 Å². The lowest BCUT2D eigenvalue weighted by atomic mass is 9.80. The molecule has 0 aromatic heterocycles. The fourth-order valence-electron chi connectivity index (χ4n) is 2.64. The number of rotatable bonds is 4. The van der Waals surface area contributed by atoms with E-state index in [-0.39, 0.29) is 0 Å². The highest BCUT2D eigenvalue weighted by Gasteiger charge is 2.63. The van der Waals surface area contributed by atoms with Crippen molar-refractivity contribution in [2.24, 2.45) is 5.92 Å². The van der Waals surface area contributed by atoms with Gasteiger partial charge < -0.3 is 0 Å². The molecule has 0 unspecified atom stereocenters. The Hall–Kier alpha value is 0.350. The Bertz CT molecular complexity index is 162. The molecule has 0 nitrogen and oxygen atoms in total. The lowest BCUT2D eigenvalue weighted by Crippen LogP contribution is -2.27. The molecule has 1 heteroatoms. The highest BCUT2D eigenvalue weighted by Crippen LogP contribution is 2.69. The molecule has 0 amide bonds. The fourth-order valence-corrected chi connectivity index (χ4v) is 4.30. The van der Waals surface area contributed by atoms with Crippen molar-refractivity contribution in [3.63, 3.8) is 0 Å². The minimum Gasteiger partial charge on any atom is -0.146 e. The third-order valence-electron chi connectivity index (χ3n) is 3.46. The summed E-state index contributed by atoms with van der Waals surface area (Å²) in [5, 5.41) is 0. The molecule has 1 rings (SSSR count). The molecule has 0 aliphatic carbocycles. The first-order valence-electron chi connectivity index (χ1n) is 5.20. The molecule has 1 aliphatic heterocycles. The van der Waals surface area contributed by atoms with Crippen molar-refractivity contribution in [3.8, 4) is 0 Å². The lowest BCUT2D eigenvalue weighted by Gasteiger charge is -2.23. The smallest absolute Gasteiger partial charge is 0.0330 e. The zero-order valence-electron chi connectivity index (χ0n) is 9.11. The van der Waals surface area contributed by atoms with Gasteiger partial charge in [0.15, 0.2) is 0 Å². The molecule has 0 spiro atoms. The van der Waals surface area contributed by atoms with Crippen molar-refractivity contribution >= 4 is 11.8 Å². The van der Waals surface area contributed by atoms with Crippen LogP contribution in [0, 0.1) is 5.92 Å². The first-order valence-corrected chi connectivity index (χ1v) is 6.02. The summed E-state index contributed by atoms with van der Waals surface area (Å²) in [7, 11) is 0. The van der Waals surface area contributed by atoms with E-state index < -0.39 is 0 Å². The van der Waals surface area contributed by atoms with Gasteiger partial charge in [0.25, 0.3) is 0 Å². The fraction of sp³-hybridized carbons (Fsp3) is 1.00. The minimum atomic E-state index is 0.552. The Balaban J connectivity index is 2.59. The SMILES string of the molecule is CCC[C@H](C)[C@@]1(CC)SC1(C)C.